The molecule has 2 heterocycles. The van der Waals surface area contributed by atoms with Gasteiger partial charge in [-0.25, -0.2) is 0 Å². The lowest BCUT2D eigenvalue weighted by molar-refractivity contribution is -0.133. The van der Waals surface area contributed by atoms with Crippen LogP contribution in [-0.4, -0.2) is 33.6 Å². The molecule has 15 heavy (non-hydrogen) atoms. The highest BCUT2D eigenvalue weighted by Crippen LogP contribution is 2.17. The second-order valence-electron chi connectivity index (χ2n) is 4.19. The minimum absolute atomic E-state index is 0.214. The molecule has 1 N–H and O–H groups in total. The number of nitrogens with one attached hydrogen (secondary N) is 1. The number of aromatic amines is 1. The smallest absolute Gasteiger partial charge is 0.228 e. The highest BCUT2D eigenvalue weighted by atomic mass is 16.2. The molecule has 0 aliphatic carbocycles. The molecule has 1 aliphatic rings. The van der Waals surface area contributed by atoms with E-state index in [4.69, 9.17) is 0 Å². The molecule has 4 nitrogen and oxygen atoms in total. The van der Waals surface area contributed by atoms with Gasteiger partial charge in [-0.1, -0.05) is 0 Å². The van der Waals surface area contributed by atoms with Gasteiger partial charge in [0, 0.05) is 24.5 Å². The summed E-state index contributed by atoms with van der Waals surface area (Å²) in [6.07, 6.45) is 5.65. The summed E-state index contributed by atoms with van der Waals surface area (Å²) in [5.74, 6) is 0.214. The maximum Gasteiger partial charge on any atom is 0.228 e. The van der Waals surface area contributed by atoms with Crippen LogP contribution in [-0.2, 0) is 11.2 Å². The third kappa shape index (κ3) is 2.37. The van der Waals surface area contributed by atoms with E-state index in [0.717, 1.165) is 25.1 Å². The van der Waals surface area contributed by atoms with Crippen LogP contribution in [0.15, 0.2) is 12.3 Å². The van der Waals surface area contributed by atoms with E-state index in [0.29, 0.717) is 12.5 Å². The molecule has 1 unspecified atom stereocenters. The van der Waals surface area contributed by atoms with Gasteiger partial charge in [-0.2, -0.15) is 5.10 Å². The first kappa shape index (κ1) is 10.2. The SMILES string of the molecule is CC1CCCCN1C(=O)Cc1ccn[nH]1. The van der Waals surface area contributed by atoms with Crippen LogP contribution in [0, 0.1) is 0 Å². The molecule has 1 aromatic heterocycles. The molecular weight excluding hydrogens is 190 g/mol. The number of rotatable bonds is 2. The number of carbonyl (C=O) groups excluding carboxylic acids is 1. The van der Waals surface area contributed by atoms with Crippen LogP contribution in [0.3, 0.4) is 0 Å². The number of nitrogens with zero attached hydrogens (tertiary/aromatic N) is 2. The molecule has 0 radical (unpaired) electrons. The Bertz CT molecular complexity index is 321. The fourth-order valence-corrected chi connectivity index (χ4v) is 2.12. The number of hydrogen-bond acceptors (Lipinski definition) is 2. The molecular formula is C11H17N3O. The van der Waals surface area contributed by atoms with E-state index in [1.54, 1.807) is 6.20 Å². The number of carbonyl (C=O) groups is 1. The van der Waals surface area contributed by atoms with Crippen molar-refractivity contribution in [1.82, 2.24) is 15.1 Å². The monoisotopic (exact) mass is 207 g/mol. The summed E-state index contributed by atoms with van der Waals surface area (Å²) >= 11 is 0. The quantitative estimate of drug-likeness (QED) is 0.796. The van der Waals surface area contributed by atoms with Gasteiger partial charge < -0.3 is 4.90 Å². The van der Waals surface area contributed by atoms with Crippen LogP contribution in [0.1, 0.15) is 31.9 Å². The maximum absolute atomic E-state index is 12.0. The van der Waals surface area contributed by atoms with Gasteiger partial charge in [0.1, 0.15) is 0 Å². The van der Waals surface area contributed by atoms with E-state index in [9.17, 15) is 4.79 Å². The largest absolute Gasteiger partial charge is 0.340 e. The van der Waals surface area contributed by atoms with Gasteiger partial charge in [0.2, 0.25) is 5.91 Å². The lowest BCUT2D eigenvalue weighted by Crippen LogP contribution is -2.42. The normalized spacial score (nSPS) is 21.7. The standard InChI is InChI=1S/C11H17N3O/c1-9-4-2-3-7-14(9)11(15)8-10-5-6-12-13-10/h5-6,9H,2-4,7-8H2,1H3,(H,12,13). The minimum Gasteiger partial charge on any atom is -0.340 e. The van der Waals surface area contributed by atoms with E-state index in [1.807, 2.05) is 11.0 Å². The number of hydrogen-bond donors (Lipinski definition) is 1. The van der Waals surface area contributed by atoms with Crippen LogP contribution in [0.4, 0.5) is 0 Å². The number of aromatic nitrogens is 2. The summed E-state index contributed by atoms with van der Waals surface area (Å²) < 4.78 is 0. The van der Waals surface area contributed by atoms with Crippen molar-refractivity contribution in [3.05, 3.63) is 18.0 Å². The molecule has 0 saturated carbocycles. The molecule has 2 rings (SSSR count). The zero-order chi connectivity index (χ0) is 10.7. The van der Waals surface area contributed by atoms with Crippen molar-refractivity contribution in [1.29, 1.82) is 0 Å². The number of amides is 1. The maximum atomic E-state index is 12.0. The first-order valence-corrected chi connectivity index (χ1v) is 5.55. The van der Waals surface area contributed by atoms with Gasteiger partial charge in [0.25, 0.3) is 0 Å². The first-order valence-electron chi connectivity index (χ1n) is 5.55. The Labute approximate surface area is 89.7 Å². The minimum atomic E-state index is 0.214. The zero-order valence-corrected chi connectivity index (χ0v) is 9.07. The topological polar surface area (TPSA) is 49.0 Å². The van der Waals surface area contributed by atoms with Crippen molar-refractivity contribution in [3.63, 3.8) is 0 Å². The molecule has 82 valence electrons. The van der Waals surface area contributed by atoms with Crippen LogP contribution in [0.25, 0.3) is 0 Å². The number of likely N-dealkylation sites (tertiary alicyclic amines) is 1. The molecule has 0 aromatic carbocycles. The molecule has 1 fully saturated rings. The fourth-order valence-electron chi connectivity index (χ4n) is 2.12. The van der Waals surface area contributed by atoms with E-state index in [2.05, 4.69) is 17.1 Å². The summed E-state index contributed by atoms with van der Waals surface area (Å²) in [4.78, 5) is 13.9. The summed E-state index contributed by atoms with van der Waals surface area (Å²) in [6, 6.07) is 2.25. The van der Waals surface area contributed by atoms with E-state index < -0.39 is 0 Å². The summed E-state index contributed by atoms with van der Waals surface area (Å²) in [5, 5.41) is 6.67. The van der Waals surface area contributed by atoms with Gasteiger partial charge in [0.15, 0.2) is 0 Å². The molecule has 1 aliphatic heterocycles. The Hall–Kier alpha value is -1.32. The first-order chi connectivity index (χ1) is 7.27. The van der Waals surface area contributed by atoms with Gasteiger partial charge in [-0.05, 0) is 32.3 Å². The molecule has 1 amide bonds. The van der Waals surface area contributed by atoms with Gasteiger partial charge >= 0.3 is 0 Å². The summed E-state index contributed by atoms with van der Waals surface area (Å²) in [6.45, 7) is 3.04. The number of piperidine rings is 1. The van der Waals surface area contributed by atoms with Crippen molar-refractivity contribution < 1.29 is 4.79 Å². The highest BCUT2D eigenvalue weighted by molar-refractivity contribution is 5.78. The van der Waals surface area contributed by atoms with Crippen LogP contribution in [0.5, 0.6) is 0 Å². The Kier molecular flexibility index (Phi) is 3.04. The number of H-pyrrole nitrogens is 1. The van der Waals surface area contributed by atoms with Crippen molar-refractivity contribution in [2.45, 2.75) is 38.6 Å². The lowest BCUT2D eigenvalue weighted by atomic mass is 10.0. The third-order valence-corrected chi connectivity index (χ3v) is 3.02. The van der Waals surface area contributed by atoms with Gasteiger partial charge in [-0.3, -0.25) is 9.89 Å². The van der Waals surface area contributed by atoms with Crippen molar-refractivity contribution in [2.75, 3.05) is 6.54 Å². The zero-order valence-electron chi connectivity index (χ0n) is 9.07. The lowest BCUT2D eigenvalue weighted by Gasteiger charge is -2.33. The van der Waals surface area contributed by atoms with Crippen LogP contribution >= 0.6 is 0 Å². The third-order valence-electron chi connectivity index (χ3n) is 3.02. The highest BCUT2D eigenvalue weighted by Gasteiger charge is 2.23. The van der Waals surface area contributed by atoms with Crippen LogP contribution < -0.4 is 0 Å². The molecule has 1 aromatic rings. The van der Waals surface area contributed by atoms with E-state index >= 15 is 0 Å². The molecule has 1 atom stereocenters. The predicted molar refractivity (Wildman–Crippen MR) is 57.3 cm³/mol. The Morgan fingerprint density at radius 1 is 1.67 bits per heavy atom. The van der Waals surface area contributed by atoms with E-state index in [-0.39, 0.29) is 5.91 Å². The Morgan fingerprint density at radius 3 is 3.20 bits per heavy atom. The Morgan fingerprint density at radius 2 is 2.53 bits per heavy atom. The second kappa shape index (κ2) is 4.47. The van der Waals surface area contributed by atoms with Gasteiger partial charge in [-0.15, -0.1) is 0 Å². The summed E-state index contributed by atoms with van der Waals surface area (Å²) in [5.41, 5.74) is 0.901. The molecule has 0 bridgehead atoms. The second-order valence-corrected chi connectivity index (χ2v) is 4.19. The average molecular weight is 207 g/mol. The predicted octanol–water partition coefficient (Wildman–Crippen LogP) is 1.35. The van der Waals surface area contributed by atoms with Crippen molar-refractivity contribution in [2.24, 2.45) is 0 Å². The van der Waals surface area contributed by atoms with Gasteiger partial charge in [0.05, 0.1) is 6.42 Å². The van der Waals surface area contributed by atoms with Crippen molar-refractivity contribution in [3.8, 4) is 0 Å². The van der Waals surface area contributed by atoms with Crippen LogP contribution in [0.2, 0.25) is 0 Å². The van der Waals surface area contributed by atoms with Crippen molar-refractivity contribution >= 4 is 5.91 Å². The summed E-state index contributed by atoms with van der Waals surface area (Å²) in [7, 11) is 0. The molecule has 0 spiro atoms. The molecule has 4 heteroatoms. The average Bonchev–Trinajstić information content (AvgIpc) is 2.71. The van der Waals surface area contributed by atoms with E-state index in [1.165, 1.54) is 6.42 Å². The Balaban J connectivity index is 1.95. The molecule has 1 saturated heterocycles. The fraction of sp³-hybridized carbons (Fsp3) is 0.636.